The summed E-state index contributed by atoms with van der Waals surface area (Å²) in [7, 11) is -3.97. The van der Waals surface area contributed by atoms with Crippen LogP contribution in [-0.4, -0.2) is 28.2 Å². The maximum absolute atomic E-state index is 13.0. The molecule has 8 nitrogen and oxygen atoms in total. The van der Waals surface area contributed by atoms with E-state index in [1.165, 1.54) is 12.3 Å². The zero-order valence-electron chi connectivity index (χ0n) is 19.2. The second-order valence-electron chi connectivity index (χ2n) is 7.82. The Morgan fingerprint density at radius 3 is 2.50 bits per heavy atom. The van der Waals surface area contributed by atoms with E-state index in [-0.39, 0.29) is 23.2 Å². The molecule has 0 spiro atoms. The molecule has 2 aromatic heterocycles. The van der Waals surface area contributed by atoms with Crippen molar-refractivity contribution in [1.29, 1.82) is 0 Å². The van der Waals surface area contributed by atoms with E-state index >= 15 is 0 Å². The molecule has 10 heteroatoms. The molecule has 0 fully saturated rings. The predicted molar refractivity (Wildman–Crippen MR) is 131 cm³/mol. The summed E-state index contributed by atoms with van der Waals surface area (Å²) in [6.07, 6.45) is 1.47. The van der Waals surface area contributed by atoms with E-state index < -0.39 is 10.0 Å². The van der Waals surface area contributed by atoms with E-state index in [4.69, 9.17) is 16.3 Å². The molecule has 0 radical (unpaired) electrons. The van der Waals surface area contributed by atoms with E-state index in [2.05, 4.69) is 19.8 Å². The number of nitrogens with one attached hydrogen (secondary N) is 1. The third-order valence-electron chi connectivity index (χ3n) is 5.39. The van der Waals surface area contributed by atoms with Crippen LogP contribution in [0.25, 0.3) is 5.69 Å². The van der Waals surface area contributed by atoms with Crippen molar-refractivity contribution in [3.8, 4) is 11.6 Å². The molecule has 2 heterocycles. The van der Waals surface area contributed by atoms with Gasteiger partial charge in [0.15, 0.2) is 0 Å². The largest absolute Gasteiger partial charge is 0.470 e. The molecule has 176 valence electrons. The number of hydrogen-bond acceptors (Lipinski definition) is 6. The van der Waals surface area contributed by atoms with Crippen LogP contribution in [0, 0.1) is 27.7 Å². The molecule has 34 heavy (non-hydrogen) atoms. The summed E-state index contributed by atoms with van der Waals surface area (Å²) in [5.74, 6) is 0.0743. The topological polar surface area (TPSA) is 99.0 Å². The smallest absolute Gasteiger partial charge is 0.263 e. The van der Waals surface area contributed by atoms with Crippen molar-refractivity contribution < 1.29 is 13.2 Å². The maximum atomic E-state index is 13.0. The molecular weight excluding hydrogens is 474 g/mol. The molecule has 0 atom stereocenters. The number of aromatic nitrogens is 4. The Hall–Kier alpha value is -3.43. The highest BCUT2D eigenvalue weighted by Crippen LogP contribution is 2.28. The first kappa shape index (κ1) is 23.7. The average molecular weight is 498 g/mol. The molecule has 0 saturated carbocycles. The van der Waals surface area contributed by atoms with Gasteiger partial charge in [0.1, 0.15) is 6.61 Å². The van der Waals surface area contributed by atoms with Gasteiger partial charge in [-0.25, -0.2) is 23.1 Å². The minimum absolute atomic E-state index is 0.00395. The van der Waals surface area contributed by atoms with Crippen molar-refractivity contribution in [3.05, 3.63) is 88.0 Å². The maximum Gasteiger partial charge on any atom is 0.263 e. The van der Waals surface area contributed by atoms with Crippen LogP contribution < -0.4 is 9.46 Å². The monoisotopic (exact) mass is 497 g/mol. The van der Waals surface area contributed by atoms with Gasteiger partial charge in [0, 0.05) is 16.3 Å². The molecule has 2 aromatic carbocycles. The third-order valence-corrected chi connectivity index (χ3v) is 7.29. The minimum atomic E-state index is -3.97. The van der Waals surface area contributed by atoms with Crippen LogP contribution in [-0.2, 0) is 16.6 Å². The van der Waals surface area contributed by atoms with Crippen LogP contribution in [0.15, 0.2) is 59.6 Å². The van der Waals surface area contributed by atoms with Gasteiger partial charge >= 0.3 is 0 Å². The lowest BCUT2D eigenvalue weighted by molar-refractivity contribution is 0.292. The molecular formula is C24H24ClN5O3S. The average Bonchev–Trinajstić information content (AvgIpc) is 3.09. The number of ether oxygens (including phenoxy) is 1. The first-order chi connectivity index (χ1) is 16.2. The van der Waals surface area contributed by atoms with Crippen molar-refractivity contribution >= 4 is 27.4 Å². The van der Waals surface area contributed by atoms with E-state index in [0.29, 0.717) is 16.3 Å². The molecule has 0 aliphatic rings. The predicted octanol–water partition coefficient (Wildman–Crippen LogP) is 4.93. The van der Waals surface area contributed by atoms with E-state index in [1.807, 2.05) is 48.9 Å². The summed E-state index contributed by atoms with van der Waals surface area (Å²) in [4.78, 5) is 8.64. The summed E-state index contributed by atoms with van der Waals surface area (Å²) >= 11 is 6.12. The Kier molecular flexibility index (Phi) is 6.58. The number of anilines is 1. The first-order valence-electron chi connectivity index (χ1n) is 10.5. The van der Waals surface area contributed by atoms with Gasteiger partial charge < -0.3 is 4.74 Å². The Labute approximate surface area is 203 Å². The van der Waals surface area contributed by atoms with Crippen LogP contribution in [0.1, 0.15) is 28.2 Å². The Balaban J connectivity index is 1.62. The second-order valence-corrected chi connectivity index (χ2v) is 9.88. The fraction of sp³-hybridized carbons (Fsp3) is 0.208. The van der Waals surface area contributed by atoms with Crippen molar-refractivity contribution in [2.75, 3.05) is 4.72 Å². The second kappa shape index (κ2) is 9.44. The molecule has 0 bridgehead atoms. The lowest BCUT2D eigenvalue weighted by atomic mass is 10.2. The highest BCUT2D eigenvalue weighted by atomic mass is 35.5. The van der Waals surface area contributed by atoms with Crippen LogP contribution in [0.4, 0.5) is 5.82 Å². The fourth-order valence-electron chi connectivity index (χ4n) is 3.53. The number of sulfonamides is 1. The SMILES string of the molecule is Cc1cnc(NS(=O)(=O)c2cccc(Cl)c2C)c(OCc2c(C)nn(-c3ccccc3)c2C)n1. The van der Waals surface area contributed by atoms with Gasteiger partial charge in [-0.3, -0.25) is 4.72 Å². The van der Waals surface area contributed by atoms with Gasteiger partial charge in [-0.05, 0) is 57.5 Å². The number of nitrogens with zero attached hydrogens (tertiary/aromatic N) is 4. The van der Waals surface area contributed by atoms with Crippen LogP contribution in [0.5, 0.6) is 5.88 Å². The number of aryl methyl sites for hydroxylation is 2. The molecule has 0 saturated heterocycles. The third kappa shape index (κ3) is 4.76. The Morgan fingerprint density at radius 1 is 1.03 bits per heavy atom. The number of para-hydroxylation sites is 1. The van der Waals surface area contributed by atoms with Crippen LogP contribution in [0.3, 0.4) is 0 Å². The lowest BCUT2D eigenvalue weighted by Gasteiger charge is -2.14. The number of halogens is 1. The van der Waals surface area contributed by atoms with Gasteiger partial charge in [-0.1, -0.05) is 35.9 Å². The molecule has 0 amide bonds. The normalized spacial score (nSPS) is 11.4. The van der Waals surface area contributed by atoms with Gasteiger partial charge in [-0.2, -0.15) is 5.10 Å². The van der Waals surface area contributed by atoms with E-state index in [0.717, 1.165) is 22.6 Å². The van der Waals surface area contributed by atoms with Crippen LogP contribution >= 0.6 is 11.6 Å². The first-order valence-corrected chi connectivity index (χ1v) is 12.4. The van der Waals surface area contributed by atoms with Crippen molar-refractivity contribution in [2.24, 2.45) is 0 Å². The van der Waals surface area contributed by atoms with E-state index in [9.17, 15) is 8.42 Å². The summed E-state index contributed by atoms with van der Waals surface area (Å²) in [5, 5.41) is 4.98. The Bertz CT molecular complexity index is 1450. The highest BCUT2D eigenvalue weighted by Gasteiger charge is 2.22. The number of hydrogen-bond donors (Lipinski definition) is 1. The van der Waals surface area contributed by atoms with Crippen molar-refractivity contribution in [3.63, 3.8) is 0 Å². The van der Waals surface area contributed by atoms with Gasteiger partial charge in [0.25, 0.3) is 15.9 Å². The molecule has 0 unspecified atom stereocenters. The molecule has 1 N–H and O–H groups in total. The van der Waals surface area contributed by atoms with E-state index in [1.54, 1.807) is 26.0 Å². The van der Waals surface area contributed by atoms with Crippen LogP contribution in [0.2, 0.25) is 5.02 Å². The molecule has 0 aliphatic carbocycles. The van der Waals surface area contributed by atoms with Gasteiger partial charge in [0.05, 0.1) is 28.2 Å². The summed E-state index contributed by atoms with van der Waals surface area (Å²) in [5.41, 5.74) is 4.57. The molecule has 4 aromatic rings. The quantitative estimate of drug-likeness (QED) is 0.388. The number of benzene rings is 2. The molecule has 4 rings (SSSR count). The zero-order valence-corrected chi connectivity index (χ0v) is 20.8. The highest BCUT2D eigenvalue weighted by molar-refractivity contribution is 7.92. The Morgan fingerprint density at radius 2 is 1.76 bits per heavy atom. The van der Waals surface area contributed by atoms with Crippen molar-refractivity contribution in [1.82, 2.24) is 19.7 Å². The zero-order chi connectivity index (χ0) is 24.5. The minimum Gasteiger partial charge on any atom is -0.470 e. The fourth-order valence-corrected chi connectivity index (χ4v) is 5.04. The van der Waals surface area contributed by atoms with Gasteiger partial charge in [-0.15, -0.1) is 0 Å². The van der Waals surface area contributed by atoms with Gasteiger partial charge in [0.2, 0.25) is 5.82 Å². The summed E-state index contributed by atoms with van der Waals surface area (Å²) in [6, 6.07) is 14.5. The molecule has 0 aliphatic heterocycles. The summed E-state index contributed by atoms with van der Waals surface area (Å²) < 4.78 is 36.4. The number of rotatable bonds is 7. The van der Waals surface area contributed by atoms with Crippen molar-refractivity contribution in [2.45, 2.75) is 39.2 Å². The standard InChI is InChI=1S/C24H24ClN5O3S/c1-15-13-26-23(29-34(31,32)22-12-8-11-21(25)16(22)2)24(27-15)33-14-20-17(3)28-30(18(20)4)19-9-6-5-7-10-19/h5-13H,14H2,1-4H3,(H,26,29). The lowest BCUT2D eigenvalue weighted by Crippen LogP contribution is -2.17. The summed E-state index contributed by atoms with van der Waals surface area (Å²) in [6.45, 7) is 7.40.